The molecule has 1 aromatic heterocycles. The Labute approximate surface area is 120 Å². The minimum Gasteiger partial charge on any atom is -0.370 e. The van der Waals surface area contributed by atoms with Gasteiger partial charge in [-0.05, 0) is 12.5 Å². The number of anilines is 1. The fourth-order valence-corrected chi connectivity index (χ4v) is 2.44. The Hall–Kier alpha value is -2.15. The van der Waals surface area contributed by atoms with E-state index in [1.165, 1.54) is 24.2 Å². The van der Waals surface area contributed by atoms with Crippen LogP contribution < -0.4 is 5.32 Å². The van der Waals surface area contributed by atoms with Crippen LogP contribution in [0, 0.1) is 10.1 Å². The monoisotopic (exact) mass is 290 g/mol. The molecule has 2 rings (SSSR count). The van der Waals surface area contributed by atoms with Crippen molar-refractivity contribution in [2.75, 3.05) is 11.9 Å². The third-order valence-corrected chi connectivity index (χ3v) is 3.47. The number of hydrogen-bond acceptors (Lipinski definition) is 6. The molecule has 1 heterocycles. The predicted octanol–water partition coefficient (Wildman–Crippen LogP) is 3.36. The first-order chi connectivity index (χ1) is 9.70. The summed E-state index contributed by atoms with van der Waals surface area (Å²) < 4.78 is 0. The van der Waals surface area contributed by atoms with Gasteiger partial charge in [0.25, 0.3) is 5.69 Å². The molecular weight excluding hydrogens is 276 g/mol. The first kappa shape index (κ1) is 14.3. The van der Waals surface area contributed by atoms with Crippen molar-refractivity contribution >= 4 is 23.3 Å². The zero-order chi connectivity index (χ0) is 14.4. The quantitative estimate of drug-likeness (QED) is 0.499. The maximum atomic E-state index is 11.0. The fraction of sp³-hybridized carbons (Fsp3) is 0.231. The lowest BCUT2D eigenvalue weighted by molar-refractivity contribution is -0.387. The van der Waals surface area contributed by atoms with Crippen molar-refractivity contribution in [3.8, 4) is 0 Å². The van der Waals surface area contributed by atoms with Gasteiger partial charge in [-0.3, -0.25) is 10.1 Å². The van der Waals surface area contributed by atoms with Crippen LogP contribution in [0.25, 0.3) is 0 Å². The minimum absolute atomic E-state index is 0.0826. The maximum absolute atomic E-state index is 11.0. The van der Waals surface area contributed by atoms with Gasteiger partial charge in [0.2, 0.25) is 0 Å². The molecule has 1 aromatic carbocycles. The van der Waals surface area contributed by atoms with Gasteiger partial charge in [-0.15, -0.1) is 0 Å². The molecule has 0 bridgehead atoms. The Morgan fingerprint density at radius 2 is 2.15 bits per heavy atom. The summed E-state index contributed by atoms with van der Waals surface area (Å²) in [4.78, 5) is 19.4. The molecule has 0 saturated heterocycles. The van der Waals surface area contributed by atoms with Crippen molar-refractivity contribution in [2.24, 2.45) is 0 Å². The molecule has 20 heavy (non-hydrogen) atoms. The Balaban J connectivity index is 2.20. The topological polar surface area (TPSA) is 81.0 Å². The number of rotatable bonds is 6. The summed E-state index contributed by atoms with van der Waals surface area (Å²) in [6.07, 6.45) is 2.45. The number of nitrogens with one attached hydrogen (secondary N) is 1. The average Bonchev–Trinajstić information content (AvgIpc) is 2.46. The van der Waals surface area contributed by atoms with Gasteiger partial charge in [0, 0.05) is 18.7 Å². The summed E-state index contributed by atoms with van der Waals surface area (Å²) in [6.45, 7) is 2.89. The van der Waals surface area contributed by atoms with Gasteiger partial charge in [-0.1, -0.05) is 30.8 Å². The molecule has 0 spiro atoms. The van der Waals surface area contributed by atoms with Crippen molar-refractivity contribution < 1.29 is 4.92 Å². The minimum atomic E-state index is -0.389. The predicted molar refractivity (Wildman–Crippen MR) is 78.0 cm³/mol. The van der Waals surface area contributed by atoms with E-state index < -0.39 is 0 Å². The van der Waals surface area contributed by atoms with Crippen LogP contribution >= 0.6 is 11.8 Å². The zero-order valence-corrected chi connectivity index (χ0v) is 11.8. The van der Waals surface area contributed by atoms with Crippen molar-refractivity contribution in [1.82, 2.24) is 9.97 Å². The van der Waals surface area contributed by atoms with Crippen LogP contribution in [0.4, 0.5) is 11.5 Å². The molecule has 0 saturated carbocycles. The molecule has 0 aliphatic carbocycles. The lowest BCUT2D eigenvalue weighted by atomic mass is 10.3. The molecule has 6 nitrogen and oxygen atoms in total. The van der Waals surface area contributed by atoms with Crippen LogP contribution in [0.1, 0.15) is 13.3 Å². The normalized spacial score (nSPS) is 10.2. The maximum Gasteiger partial charge on any atom is 0.283 e. The summed E-state index contributed by atoms with van der Waals surface area (Å²) in [6, 6.07) is 8.41. The van der Waals surface area contributed by atoms with E-state index in [-0.39, 0.29) is 10.6 Å². The summed E-state index contributed by atoms with van der Waals surface area (Å²) in [7, 11) is 0. The highest BCUT2D eigenvalue weighted by Crippen LogP contribution is 2.33. The first-order valence-electron chi connectivity index (χ1n) is 6.18. The molecule has 0 amide bonds. The van der Waals surface area contributed by atoms with Crippen LogP contribution in [0.2, 0.25) is 0 Å². The SMILES string of the molecule is CCCNc1cc(Sc2ccccc2[N+](=O)[O-])ncn1. The van der Waals surface area contributed by atoms with E-state index in [0.717, 1.165) is 18.8 Å². The highest BCUT2D eigenvalue weighted by molar-refractivity contribution is 7.99. The van der Waals surface area contributed by atoms with E-state index in [1.54, 1.807) is 24.3 Å². The summed E-state index contributed by atoms with van der Waals surface area (Å²) in [5, 5.41) is 14.8. The summed E-state index contributed by atoms with van der Waals surface area (Å²) in [5.41, 5.74) is 0.0826. The third-order valence-electron chi connectivity index (χ3n) is 2.47. The lowest BCUT2D eigenvalue weighted by Crippen LogP contribution is -2.02. The molecule has 0 atom stereocenters. The molecule has 0 unspecified atom stereocenters. The van der Waals surface area contributed by atoms with E-state index in [0.29, 0.717) is 9.92 Å². The Morgan fingerprint density at radius 3 is 2.90 bits per heavy atom. The van der Waals surface area contributed by atoms with Gasteiger partial charge in [-0.2, -0.15) is 0 Å². The van der Waals surface area contributed by atoms with Crippen molar-refractivity contribution in [3.63, 3.8) is 0 Å². The zero-order valence-electron chi connectivity index (χ0n) is 10.9. The number of nitro groups is 1. The standard InChI is InChI=1S/C13H14N4O2S/c1-2-7-14-12-8-13(16-9-15-12)20-11-6-4-3-5-10(11)17(18)19/h3-6,8-9H,2,7H2,1H3,(H,14,15,16). The van der Waals surface area contributed by atoms with E-state index in [9.17, 15) is 10.1 Å². The van der Waals surface area contributed by atoms with Crippen molar-refractivity contribution in [1.29, 1.82) is 0 Å². The number of nitro benzene ring substituents is 1. The van der Waals surface area contributed by atoms with Gasteiger partial charge >= 0.3 is 0 Å². The van der Waals surface area contributed by atoms with Gasteiger partial charge in [0.1, 0.15) is 17.2 Å². The molecule has 0 radical (unpaired) electrons. The number of hydrogen-bond donors (Lipinski definition) is 1. The second-order valence-corrected chi connectivity index (χ2v) is 5.06. The largest absolute Gasteiger partial charge is 0.370 e. The molecule has 104 valence electrons. The van der Waals surface area contributed by atoms with Crippen LogP contribution in [0.15, 0.2) is 46.6 Å². The average molecular weight is 290 g/mol. The van der Waals surface area contributed by atoms with Gasteiger partial charge in [0.15, 0.2) is 0 Å². The van der Waals surface area contributed by atoms with Crippen molar-refractivity contribution in [3.05, 3.63) is 46.8 Å². The van der Waals surface area contributed by atoms with Crippen molar-refractivity contribution in [2.45, 2.75) is 23.3 Å². The van der Waals surface area contributed by atoms with Gasteiger partial charge in [-0.25, -0.2) is 9.97 Å². The summed E-state index contributed by atoms with van der Waals surface area (Å²) in [5.74, 6) is 0.725. The lowest BCUT2D eigenvalue weighted by Gasteiger charge is -2.05. The van der Waals surface area contributed by atoms with Crippen LogP contribution in [0.3, 0.4) is 0 Å². The second kappa shape index (κ2) is 6.85. The number of para-hydroxylation sites is 1. The molecule has 0 aliphatic rings. The van der Waals surface area contributed by atoms with Crippen LogP contribution in [-0.2, 0) is 0 Å². The third kappa shape index (κ3) is 3.67. The number of nitrogens with zero attached hydrogens (tertiary/aromatic N) is 3. The number of aromatic nitrogens is 2. The molecular formula is C13H14N4O2S. The Kier molecular flexibility index (Phi) is 4.89. The Bertz CT molecular complexity index is 606. The molecule has 0 aliphatic heterocycles. The number of benzene rings is 1. The van der Waals surface area contributed by atoms with Gasteiger partial charge < -0.3 is 5.32 Å². The smallest absolute Gasteiger partial charge is 0.283 e. The van der Waals surface area contributed by atoms with Crippen LogP contribution in [-0.4, -0.2) is 21.4 Å². The van der Waals surface area contributed by atoms with E-state index in [4.69, 9.17) is 0 Å². The molecule has 1 N–H and O–H groups in total. The second-order valence-electron chi connectivity index (χ2n) is 4.00. The first-order valence-corrected chi connectivity index (χ1v) is 6.99. The van der Waals surface area contributed by atoms with E-state index >= 15 is 0 Å². The molecule has 0 fully saturated rings. The highest BCUT2D eigenvalue weighted by Gasteiger charge is 2.14. The van der Waals surface area contributed by atoms with E-state index in [2.05, 4.69) is 22.2 Å². The Morgan fingerprint density at radius 1 is 1.35 bits per heavy atom. The molecule has 2 aromatic rings. The van der Waals surface area contributed by atoms with E-state index in [1.807, 2.05) is 0 Å². The highest BCUT2D eigenvalue weighted by atomic mass is 32.2. The fourth-order valence-electron chi connectivity index (χ4n) is 1.55. The van der Waals surface area contributed by atoms with Crippen LogP contribution in [0.5, 0.6) is 0 Å². The summed E-state index contributed by atoms with van der Waals surface area (Å²) >= 11 is 1.26. The van der Waals surface area contributed by atoms with Gasteiger partial charge in [0.05, 0.1) is 9.82 Å². The molecule has 7 heteroatoms.